The molecule has 2 aromatic carbocycles. The summed E-state index contributed by atoms with van der Waals surface area (Å²) >= 11 is 5.66. The van der Waals surface area contributed by atoms with Crippen molar-refractivity contribution < 1.29 is 23.4 Å². The number of aliphatic hydroxyl groups is 1. The first-order valence-electron chi connectivity index (χ1n) is 11.2. The lowest BCUT2D eigenvalue weighted by Gasteiger charge is -2.56. The van der Waals surface area contributed by atoms with Gasteiger partial charge in [0.25, 0.3) is 5.91 Å². The third-order valence-electron chi connectivity index (χ3n) is 7.10. The number of benzene rings is 2. The molecule has 1 atom stereocenters. The third-order valence-corrected chi connectivity index (χ3v) is 7.40. The summed E-state index contributed by atoms with van der Waals surface area (Å²) in [7, 11) is 0. The van der Waals surface area contributed by atoms with E-state index in [9.17, 15) is 18.7 Å². The third kappa shape index (κ3) is 4.47. The highest BCUT2D eigenvalue weighted by atomic mass is 35.5. The average molecular weight is 491 g/mol. The van der Waals surface area contributed by atoms with E-state index in [-0.39, 0.29) is 34.6 Å². The maximum atomic E-state index is 13.6. The summed E-state index contributed by atoms with van der Waals surface area (Å²) in [4.78, 5) is 20.2. The molecule has 0 radical (unpaired) electrons. The number of fused-ring (bicyclic) bond motifs is 4. The topological polar surface area (TPSA) is 99.3 Å². The number of amides is 1. The number of rotatable bonds is 7. The van der Waals surface area contributed by atoms with Gasteiger partial charge in [0, 0.05) is 17.7 Å². The van der Waals surface area contributed by atoms with Crippen molar-refractivity contribution in [1.29, 1.82) is 0 Å². The van der Waals surface area contributed by atoms with Gasteiger partial charge in [0.05, 0.1) is 34.2 Å². The highest BCUT2D eigenvalue weighted by Crippen LogP contribution is 2.47. The molecule has 0 aliphatic heterocycles. The summed E-state index contributed by atoms with van der Waals surface area (Å²) < 4.78 is 32.4. The second-order valence-corrected chi connectivity index (χ2v) is 9.67. The smallest absolute Gasteiger partial charge is 0.258 e. The number of halogens is 3. The molecular weight excluding hydrogens is 466 g/mol. The molecule has 180 valence electrons. The normalized spacial score (nSPS) is 26.1. The molecule has 4 N–H and O–H groups in total. The molecule has 2 bridgehead atoms. The van der Waals surface area contributed by atoms with Crippen LogP contribution in [-0.4, -0.2) is 44.8 Å². The van der Waals surface area contributed by atoms with Crippen molar-refractivity contribution in [2.45, 2.75) is 55.8 Å². The van der Waals surface area contributed by atoms with E-state index >= 15 is 0 Å². The maximum absolute atomic E-state index is 13.6. The van der Waals surface area contributed by atoms with E-state index in [0.717, 1.165) is 24.4 Å². The average Bonchev–Trinajstić information content (AvgIpc) is 3.22. The second-order valence-electron chi connectivity index (χ2n) is 9.27. The van der Waals surface area contributed by atoms with E-state index in [1.54, 1.807) is 6.07 Å². The number of hydrogen-bond donors (Lipinski definition) is 4. The SMILES string of the molecule is O=C(COc1ccc(Cl)c(F)c1)NC12CCC(NCc3nc4cc(F)ccc4[nH]3)(CC1)CC2O. The predicted molar refractivity (Wildman–Crippen MR) is 122 cm³/mol. The summed E-state index contributed by atoms with van der Waals surface area (Å²) in [5.74, 6) is -0.406. The van der Waals surface area contributed by atoms with Crippen LogP contribution in [0.1, 0.15) is 37.9 Å². The van der Waals surface area contributed by atoms with Crippen LogP contribution in [0.4, 0.5) is 8.78 Å². The Labute approximate surface area is 199 Å². The summed E-state index contributed by atoms with van der Waals surface area (Å²) in [6, 6.07) is 8.43. The molecule has 0 saturated heterocycles. The number of nitrogens with zero attached hydrogens (tertiary/aromatic N) is 1. The van der Waals surface area contributed by atoms with Crippen molar-refractivity contribution in [3.63, 3.8) is 0 Å². The largest absolute Gasteiger partial charge is 0.484 e. The number of H-pyrrole nitrogens is 1. The highest BCUT2D eigenvalue weighted by molar-refractivity contribution is 6.30. The Bertz CT molecular complexity index is 1230. The van der Waals surface area contributed by atoms with Crippen LogP contribution in [0, 0.1) is 11.6 Å². The van der Waals surface area contributed by atoms with Gasteiger partial charge in [0.15, 0.2) is 6.61 Å². The molecule has 1 heterocycles. The van der Waals surface area contributed by atoms with Crippen LogP contribution in [0.3, 0.4) is 0 Å². The Balaban J connectivity index is 1.17. The molecule has 1 amide bonds. The Kier molecular flexibility index (Phi) is 5.95. The van der Waals surface area contributed by atoms with Gasteiger partial charge < -0.3 is 25.5 Å². The van der Waals surface area contributed by atoms with Gasteiger partial charge in [0.2, 0.25) is 0 Å². The van der Waals surface area contributed by atoms with Crippen LogP contribution >= 0.6 is 11.6 Å². The van der Waals surface area contributed by atoms with Crippen molar-refractivity contribution in [2.75, 3.05) is 6.61 Å². The molecule has 3 aliphatic rings. The van der Waals surface area contributed by atoms with Crippen LogP contribution in [0.15, 0.2) is 36.4 Å². The molecule has 10 heteroatoms. The summed E-state index contributed by atoms with van der Waals surface area (Å²) in [6.07, 6.45) is 2.57. The van der Waals surface area contributed by atoms with E-state index in [1.807, 2.05) is 0 Å². The van der Waals surface area contributed by atoms with Crippen molar-refractivity contribution in [3.8, 4) is 5.75 Å². The highest BCUT2D eigenvalue weighted by Gasteiger charge is 2.54. The van der Waals surface area contributed by atoms with Crippen LogP contribution in [0.25, 0.3) is 11.0 Å². The quantitative estimate of drug-likeness (QED) is 0.405. The number of imidazole rings is 1. The minimum absolute atomic E-state index is 0.0189. The first kappa shape index (κ1) is 23.0. The number of nitrogens with one attached hydrogen (secondary N) is 3. The lowest BCUT2D eigenvalue weighted by molar-refractivity contribution is -0.132. The fraction of sp³-hybridized carbons (Fsp3) is 0.417. The Morgan fingerprint density at radius 2 is 2.00 bits per heavy atom. The lowest BCUT2D eigenvalue weighted by atomic mass is 9.60. The number of aromatic amines is 1. The number of hydrogen-bond acceptors (Lipinski definition) is 5. The van der Waals surface area contributed by atoms with Gasteiger partial charge in [-0.25, -0.2) is 13.8 Å². The van der Waals surface area contributed by atoms with Gasteiger partial charge in [-0.05, 0) is 56.4 Å². The van der Waals surface area contributed by atoms with Gasteiger partial charge in [0.1, 0.15) is 23.2 Å². The minimum atomic E-state index is -0.718. The molecule has 1 aromatic heterocycles. The van der Waals surface area contributed by atoms with E-state index in [1.165, 1.54) is 24.3 Å². The van der Waals surface area contributed by atoms with Crippen molar-refractivity contribution >= 4 is 28.5 Å². The molecule has 1 unspecified atom stereocenters. The van der Waals surface area contributed by atoms with Gasteiger partial charge in [-0.2, -0.15) is 0 Å². The van der Waals surface area contributed by atoms with Gasteiger partial charge >= 0.3 is 0 Å². The van der Waals surface area contributed by atoms with Gasteiger partial charge in [-0.1, -0.05) is 11.6 Å². The molecule has 3 fully saturated rings. The molecule has 7 nitrogen and oxygen atoms in total. The monoisotopic (exact) mass is 490 g/mol. The van der Waals surface area contributed by atoms with Crippen molar-refractivity contribution in [1.82, 2.24) is 20.6 Å². The van der Waals surface area contributed by atoms with E-state index in [4.69, 9.17) is 16.3 Å². The molecular formula is C24H25ClF2N4O3. The zero-order chi connectivity index (χ0) is 23.9. The lowest BCUT2D eigenvalue weighted by Crippen LogP contribution is -2.69. The summed E-state index contributed by atoms with van der Waals surface area (Å²) in [6.45, 7) is 0.180. The van der Waals surface area contributed by atoms with Crippen LogP contribution < -0.4 is 15.4 Å². The first-order valence-corrected chi connectivity index (χ1v) is 11.6. The second kappa shape index (κ2) is 8.79. The Morgan fingerprint density at radius 1 is 1.21 bits per heavy atom. The maximum Gasteiger partial charge on any atom is 0.258 e. The van der Waals surface area contributed by atoms with Crippen LogP contribution in [-0.2, 0) is 11.3 Å². The molecule has 34 heavy (non-hydrogen) atoms. The van der Waals surface area contributed by atoms with E-state index in [2.05, 4.69) is 20.6 Å². The predicted octanol–water partition coefficient (Wildman–Crippen LogP) is 3.60. The van der Waals surface area contributed by atoms with Gasteiger partial charge in [-0.3, -0.25) is 4.79 Å². The molecule has 6 rings (SSSR count). The number of carbonyl (C=O) groups excluding carboxylic acids is 1. The fourth-order valence-electron chi connectivity index (χ4n) is 5.15. The first-order chi connectivity index (χ1) is 16.3. The molecule has 3 aromatic rings. The zero-order valence-electron chi connectivity index (χ0n) is 18.3. The Morgan fingerprint density at radius 3 is 2.74 bits per heavy atom. The Hall–Kier alpha value is -2.75. The van der Waals surface area contributed by atoms with Crippen molar-refractivity contribution in [2.24, 2.45) is 0 Å². The summed E-state index contributed by atoms with van der Waals surface area (Å²) in [5, 5.41) is 17.4. The van der Waals surface area contributed by atoms with E-state index < -0.39 is 17.5 Å². The molecule has 0 spiro atoms. The number of carbonyl (C=O) groups is 1. The van der Waals surface area contributed by atoms with Gasteiger partial charge in [-0.15, -0.1) is 0 Å². The number of ether oxygens (including phenoxy) is 1. The van der Waals surface area contributed by atoms with Crippen LogP contribution in [0.2, 0.25) is 5.02 Å². The van der Waals surface area contributed by atoms with Crippen LogP contribution in [0.5, 0.6) is 5.75 Å². The minimum Gasteiger partial charge on any atom is -0.484 e. The van der Waals surface area contributed by atoms with Crippen molar-refractivity contribution in [3.05, 3.63) is 58.9 Å². The zero-order valence-corrected chi connectivity index (χ0v) is 19.1. The molecule has 3 aliphatic carbocycles. The van der Waals surface area contributed by atoms with E-state index in [0.29, 0.717) is 37.1 Å². The number of aliphatic hydroxyl groups excluding tert-OH is 1. The standard InChI is InChI=1S/C24H25ClF2N4O3/c25-16-3-2-15(10-17(16)27)34-13-22(33)31-24-7-5-23(6-8-24,11-20(24)32)28-12-21-29-18-4-1-14(26)9-19(18)30-21/h1-4,9-10,20,28,32H,5-8,11-13H2,(H,29,30)(H,31,33). The molecule has 3 saturated carbocycles. The fourth-order valence-corrected chi connectivity index (χ4v) is 5.27. The number of aromatic nitrogens is 2. The summed E-state index contributed by atoms with van der Waals surface area (Å²) in [5.41, 5.74) is 0.389.